The van der Waals surface area contributed by atoms with Crippen LogP contribution in [0.25, 0.3) is 0 Å². The van der Waals surface area contributed by atoms with E-state index in [0.717, 1.165) is 23.9 Å². The van der Waals surface area contributed by atoms with Gasteiger partial charge < -0.3 is 10.4 Å². The van der Waals surface area contributed by atoms with Gasteiger partial charge in [-0.25, -0.2) is 4.98 Å². The molecule has 0 spiro atoms. The summed E-state index contributed by atoms with van der Waals surface area (Å²) in [4.78, 5) is 4.02. The number of aromatic amines is 1. The number of H-pyrrole nitrogens is 1. The van der Waals surface area contributed by atoms with Crippen LogP contribution < -0.4 is 5.32 Å². The quantitative estimate of drug-likeness (QED) is 0.600. The second-order valence-electron chi connectivity index (χ2n) is 3.64. The van der Waals surface area contributed by atoms with E-state index in [4.69, 9.17) is 0 Å². The van der Waals surface area contributed by atoms with Crippen LogP contribution >= 0.6 is 11.8 Å². The highest BCUT2D eigenvalue weighted by molar-refractivity contribution is 7.99. The average Bonchev–Trinajstić information content (AvgIpc) is 2.71. The van der Waals surface area contributed by atoms with Crippen molar-refractivity contribution in [1.82, 2.24) is 20.5 Å². The van der Waals surface area contributed by atoms with Crippen molar-refractivity contribution in [2.75, 3.05) is 18.9 Å². The van der Waals surface area contributed by atoms with E-state index >= 15 is 0 Å². The SMILES string of the molecule is CCNC(C)(CO)CCSc1ncn[nH]1. The molecule has 0 saturated heterocycles. The van der Waals surface area contributed by atoms with Gasteiger partial charge in [-0.15, -0.1) is 0 Å². The van der Waals surface area contributed by atoms with Gasteiger partial charge in [0.15, 0.2) is 5.16 Å². The first-order valence-corrected chi connectivity index (χ1v) is 6.03. The minimum Gasteiger partial charge on any atom is -0.394 e. The summed E-state index contributed by atoms with van der Waals surface area (Å²) in [6, 6.07) is 0. The molecule has 0 saturated carbocycles. The zero-order chi connectivity index (χ0) is 11.1. The number of hydrogen-bond acceptors (Lipinski definition) is 5. The predicted molar refractivity (Wildman–Crippen MR) is 60.9 cm³/mol. The number of aliphatic hydroxyl groups excluding tert-OH is 1. The first-order valence-electron chi connectivity index (χ1n) is 5.04. The second-order valence-corrected chi connectivity index (χ2v) is 4.72. The summed E-state index contributed by atoms with van der Waals surface area (Å²) in [5.41, 5.74) is -0.193. The van der Waals surface area contributed by atoms with Crippen LogP contribution in [0.3, 0.4) is 0 Å². The fraction of sp³-hybridized carbons (Fsp3) is 0.778. The lowest BCUT2D eigenvalue weighted by molar-refractivity contribution is 0.173. The largest absolute Gasteiger partial charge is 0.394 e. The molecule has 3 N–H and O–H groups in total. The van der Waals surface area contributed by atoms with Crippen LogP contribution in [0.5, 0.6) is 0 Å². The Kier molecular flexibility index (Phi) is 5.07. The van der Waals surface area contributed by atoms with E-state index in [-0.39, 0.29) is 12.1 Å². The zero-order valence-electron chi connectivity index (χ0n) is 9.16. The lowest BCUT2D eigenvalue weighted by Gasteiger charge is -2.27. The minimum atomic E-state index is -0.193. The molecule has 6 heteroatoms. The molecule has 0 aliphatic carbocycles. The number of rotatable bonds is 7. The van der Waals surface area contributed by atoms with Crippen LogP contribution in [0.1, 0.15) is 20.3 Å². The molecule has 0 fully saturated rings. The molecule has 0 aliphatic rings. The number of likely N-dealkylation sites (N-methyl/N-ethyl adjacent to an activating group) is 1. The normalized spacial score (nSPS) is 15.1. The molecule has 1 atom stereocenters. The van der Waals surface area contributed by atoms with E-state index in [2.05, 4.69) is 20.5 Å². The second kappa shape index (κ2) is 6.09. The van der Waals surface area contributed by atoms with Gasteiger partial charge in [0.05, 0.1) is 6.61 Å². The lowest BCUT2D eigenvalue weighted by atomic mass is 10.0. The van der Waals surface area contributed by atoms with Crippen LogP contribution in [0.4, 0.5) is 0 Å². The van der Waals surface area contributed by atoms with Gasteiger partial charge in [0.2, 0.25) is 0 Å². The Labute approximate surface area is 94.1 Å². The molecule has 0 bridgehead atoms. The minimum absolute atomic E-state index is 0.151. The van der Waals surface area contributed by atoms with E-state index < -0.39 is 0 Å². The van der Waals surface area contributed by atoms with Crippen molar-refractivity contribution >= 4 is 11.8 Å². The number of nitrogens with one attached hydrogen (secondary N) is 2. The molecule has 1 heterocycles. The third-order valence-corrected chi connectivity index (χ3v) is 3.12. The van der Waals surface area contributed by atoms with Gasteiger partial charge in [0.25, 0.3) is 0 Å². The summed E-state index contributed by atoms with van der Waals surface area (Å²) in [6.45, 7) is 5.08. The monoisotopic (exact) mass is 230 g/mol. The highest BCUT2D eigenvalue weighted by atomic mass is 32.2. The summed E-state index contributed by atoms with van der Waals surface area (Å²) in [6.07, 6.45) is 2.39. The topological polar surface area (TPSA) is 73.8 Å². The third-order valence-electron chi connectivity index (χ3n) is 2.24. The van der Waals surface area contributed by atoms with E-state index in [1.54, 1.807) is 11.8 Å². The Hall–Kier alpha value is -0.590. The number of thioether (sulfide) groups is 1. The molecule has 0 amide bonds. The van der Waals surface area contributed by atoms with Crippen LogP contribution in [0.2, 0.25) is 0 Å². The van der Waals surface area contributed by atoms with Crippen molar-refractivity contribution in [3.05, 3.63) is 6.33 Å². The maximum atomic E-state index is 9.27. The molecule has 15 heavy (non-hydrogen) atoms. The highest BCUT2D eigenvalue weighted by Gasteiger charge is 2.21. The maximum absolute atomic E-state index is 9.27. The van der Waals surface area contributed by atoms with Gasteiger partial charge in [-0.3, -0.25) is 5.10 Å². The van der Waals surface area contributed by atoms with Crippen molar-refractivity contribution < 1.29 is 5.11 Å². The van der Waals surface area contributed by atoms with Crippen LogP contribution in [-0.2, 0) is 0 Å². The smallest absolute Gasteiger partial charge is 0.183 e. The van der Waals surface area contributed by atoms with Crippen LogP contribution in [0.15, 0.2) is 11.5 Å². The van der Waals surface area contributed by atoms with Gasteiger partial charge in [0.1, 0.15) is 6.33 Å². The zero-order valence-corrected chi connectivity index (χ0v) is 9.97. The van der Waals surface area contributed by atoms with Gasteiger partial charge in [-0.05, 0) is 19.9 Å². The Morgan fingerprint density at radius 3 is 3.00 bits per heavy atom. The predicted octanol–water partition coefficient (Wildman–Crippen LogP) is 0.647. The molecule has 1 aromatic rings. The van der Waals surface area contributed by atoms with Crippen LogP contribution in [0, 0.1) is 0 Å². The molecule has 5 nitrogen and oxygen atoms in total. The number of aromatic nitrogens is 3. The Morgan fingerprint density at radius 2 is 2.47 bits per heavy atom. The van der Waals surface area contributed by atoms with E-state index in [0.29, 0.717) is 0 Å². The Bertz CT molecular complexity index is 267. The third kappa shape index (κ3) is 4.19. The molecule has 0 aliphatic heterocycles. The Morgan fingerprint density at radius 1 is 1.67 bits per heavy atom. The Balaban J connectivity index is 2.28. The average molecular weight is 230 g/mol. The van der Waals surface area contributed by atoms with Crippen molar-refractivity contribution in [3.63, 3.8) is 0 Å². The standard InChI is InChI=1S/C9H18N4OS/c1-3-11-9(2,6-14)4-5-15-8-10-7-12-13-8/h7,11,14H,3-6H2,1-2H3,(H,10,12,13). The molecule has 1 aromatic heterocycles. The molecular weight excluding hydrogens is 212 g/mol. The van der Waals surface area contributed by atoms with Crippen molar-refractivity contribution in [2.24, 2.45) is 0 Å². The lowest BCUT2D eigenvalue weighted by Crippen LogP contribution is -2.46. The molecule has 0 aromatic carbocycles. The molecule has 0 radical (unpaired) electrons. The van der Waals surface area contributed by atoms with E-state index in [1.165, 1.54) is 6.33 Å². The van der Waals surface area contributed by atoms with Gasteiger partial charge in [-0.2, -0.15) is 5.10 Å². The fourth-order valence-corrected chi connectivity index (χ4v) is 2.27. The molecule has 1 unspecified atom stereocenters. The summed E-state index contributed by atoms with van der Waals surface area (Å²) < 4.78 is 0. The summed E-state index contributed by atoms with van der Waals surface area (Å²) >= 11 is 1.61. The van der Waals surface area contributed by atoms with Crippen molar-refractivity contribution in [3.8, 4) is 0 Å². The highest BCUT2D eigenvalue weighted by Crippen LogP contribution is 2.17. The number of nitrogens with zero attached hydrogens (tertiary/aromatic N) is 2. The van der Waals surface area contributed by atoms with Gasteiger partial charge in [0, 0.05) is 11.3 Å². The molecule has 1 rings (SSSR count). The van der Waals surface area contributed by atoms with Crippen molar-refractivity contribution in [2.45, 2.75) is 31.0 Å². The number of aliphatic hydroxyl groups is 1. The van der Waals surface area contributed by atoms with E-state index in [9.17, 15) is 5.11 Å². The first-order chi connectivity index (χ1) is 7.20. The number of hydrogen-bond donors (Lipinski definition) is 3. The maximum Gasteiger partial charge on any atom is 0.183 e. The first kappa shape index (κ1) is 12.5. The summed E-state index contributed by atoms with van der Waals surface area (Å²) in [5, 5.41) is 19.9. The van der Waals surface area contributed by atoms with Gasteiger partial charge in [-0.1, -0.05) is 18.7 Å². The molecule has 86 valence electrons. The summed E-state index contributed by atoms with van der Waals surface area (Å²) in [5.74, 6) is 0.902. The summed E-state index contributed by atoms with van der Waals surface area (Å²) in [7, 11) is 0. The van der Waals surface area contributed by atoms with Crippen molar-refractivity contribution in [1.29, 1.82) is 0 Å². The van der Waals surface area contributed by atoms with E-state index in [1.807, 2.05) is 13.8 Å². The van der Waals surface area contributed by atoms with Crippen LogP contribution in [-0.4, -0.2) is 44.7 Å². The fourth-order valence-electron chi connectivity index (χ4n) is 1.29. The van der Waals surface area contributed by atoms with Gasteiger partial charge >= 0.3 is 0 Å². The molecular formula is C9H18N4OS.